The lowest BCUT2D eigenvalue weighted by Crippen LogP contribution is -2.31. The summed E-state index contributed by atoms with van der Waals surface area (Å²) in [5.41, 5.74) is 3.92. The second-order valence-electron chi connectivity index (χ2n) is 9.65. The number of nitrogens with zero attached hydrogens (tertiary/aromatic N) is 4. The first-order valence-electron chi connectivity index (χ1n) is 13.4. The molecule has 1 aliphatic carbocycles. The molecule has 0 N–H and O–H groups in total. The summed E-state index contributed by atoms with van der Waals surface area (Å²) in [6.07, 6.45) is 5.80. The summed E-state index contributed by atoms with van der Waals surface area (Å²) in [7, 11) is 0. The number of allylic oxidation sites excluding steroid dienone is 1. The number of aromatic nitrogens is 3. The highest BCUT2D eigenvalue weighted by molar-refractivity contribution is 7.18. The molecule has 39 heavy (non-hydrogen) atoms. The quantitative estimate of drug-likeness (QED) is 0.132. The number of hydrogen-bond acceptors (Lipinski definition) is 6. The van der Waals surface area contributed by atoms with Gasteiger partial charge >= 0.3 is 0 Å². The third-order valence-corrected chi connectivity index (χ3v) is 7.51. The number of anilines is 1. The molecule has 6 nitrogen and oxygen atoms in total. The van der Waals surface area contributed by atoms with Crippen molar-refractivity contribution >= 4 is 33.1 Å². The number of fused-ring (bicyclic) bond motifs is 1. The lowest BCUT2D eigenvalue weighted by Gasteiger charge is -2.23. The number of unbranched alkanes of at least 4 members (excludes halogenated alkanes) is 2. The molecule has 5 rings (SSSR count). The van der Waals surface area contributed by atoms with Crippen LogP contribution in [0.25, 0.3) is 21.3 Å². The molecule has 2 aromatic heterocycles. The molecule has 0 unspecified atom stereocenters. The lowest BCUT2D eigenvalue weighted by atomic mass is 10.0. The fourth-order valence-electron chi connectivity index (χ4n) is 4.43. The van der Waals surface area contributed by atoms with Crippen LogP contribution in [0.3, 0.4) is 0 Å². The normalized spacial score (nSPS) is 12.7. The van der Waals surface area contributed by atoms with Crippen molar-refractivity contribution in [1.82, 2.24) is 15.2 Å². The van der Waals surface area contributed by atoms with Crippen LogP contribution in [0, 0.1) is 6.92 Å². The highest BCUT2D eigenvalue weighted by atomic mass is 32.1. The third kappa shape index (κ3) is 7.69. The molecule has 1 saturated carbocycles. The molecule has 0 spiro atoms. The van der Waals surface area contributed by atoms with Crippen molar-refractivity contribution in [2.24, 2.45) is 0 Å². The minimum atomic E-state index is -0.472. The van der Waals surface area contributed by atoms with Crippen molar-refractivity contribution in [3.05, 3.63) is 84.8 Å². The van der Waals surface area contributed by atoms with Gasteiger partial charge in [-0.25, -0.2) is 9.37 Å². The van der Waals surface area contributed by atoms with Crippen LogP contribution >= 0.6 is 11.3 Å². The largest absolute Gasteiger partial charge is 0.425 e. The first-order valence-corrected chi connectivity index (χ1v) is 14.2. The zero-order valence-corrected chi connectivity index (χ0v) is 23.3. The van der Waals surface area contributed by atoms with Gasteiger partial charge in [0.25, 0.3) is 0 Å². The van der Waals surface area contributed by atoms with Gasteiger partial charge in [-0.1, -0.05) is 31.2 Å². The van der Waals surface area contributed by atoms with Gasteiger partial charge in [0.05, 0.1) is 21.1 Å². The Morgan fingerprint density at radius 1 is 1.08 bits per heavy atom. The van der Waals surface area contributed by atoms with Crippen LogP contribution < -0.4 is 4.90 Å². The summed E-state index contributed by atoms with van der Waals surface area (Å²) in [5.74, 6) is 1.35. The van der Waals surface area contributed by atoms with Crippen molar-refractivity contribution in [1.29, 1.82) is 0 Å². The molecule has 1 amide bonds. The van der Waals surface area contributed by atoms with E-state index < -0.39 is 5.83 Å². The number of thiazole rings is 1. The summed E-state index contributed by atoms with van der Waals surface area (Å²) in [6, 6.07) is 14.2. The molecule has 0 bridgehead atoms. The Morgan fingerprint density at radius 3 is 2.64 bits per heavy atom. The Labute approximate surface area is 233 Å². The van der Waals surface area contributed by atoms with E-state index in [1.807, 2.05) is 37.3 Å². The first-order chi connectivity index (χ1) is 19.0. The number of hydrogen-bond donors (Lipinski definition) is 0. The van der Waals surface area contributed by atoms with E-state index >= 15 is 0 Å². The fourth-order valence-corrected chi connectivity index (χ4v) is 5.30. The average molecular weight is 547 g/mol. The van der Waals surface area contributed by atoms with Crippen molar-refractivity contribution in [3.63, 3.8) is 0 Å². The number of amides is 1. The Balaban J connectivity index is 0.00000172. The number of carbonyl (C=O) groups is 1. The summed E-state index contributed by atoms with van der Waals surface area (Å²) in [6.45, 7) is 11.9. The SMILES string of the molecule is C=C.C=C(F)CCC(=O)N(CCCCCc1nnc(C2CC2)o1)c1cccc(-c2ccc3nc(C)sc3c2)c1. The van der Waals surface area contributed by atoms with E-state index in [1.165, 1.54) is 0 Å². The van der Waals surface area contributed by atoms with Crippen LogP contribution in [-0.2, 0) is 11.2 Å². The third-order valence-electron chi connectivity index (χ3n) is 6.58. The molecule has 0 saturated heterocycles. The number of carbonyl (C=O) groups excluding carboxylic acids is 1. The van der Waals surface area contributed by atoms with E-state index in [2.05, 4.69) is 47.1 Å². The van der Waals surface area contributed by atoms with Crippen LogP contribution in [0.5, 0.6) is 0 Å². The molecule has 4 aromatic rings. The fraction of sp³-hybridized carbons (Fsp3) is 0.355. The minimum Gasteiger partial charge on any atom is -0.425 e. The van der Waals surface area contributed by atoms with Gasteiger partial charge in [0.15, 0.2) is 0 Å². The van der Waals surface area contributed by atoms with E-state index in [0.717, 1.165) is 76.5 Å². The molecular weight excluding hydrogens is 511 g/mol. The van der Waals surface area contributed by atoms with Gasteiger partial charge < -0.3 is 9.32 Å². The van der Waals surface area contributed by atoms with Gasteiger partial charge in [0.2, 0.25) is 17.7 Å². The summed E-state index contributed by atoms with van der Waals surface area (Å²) in [5, 5.41) is 9.34. The Hall–Kier alpha value is -3.65. The van der Waals surface area contributed by atoms with Gasteiger partial charge in [-0.05, 0) is 68.0 Å². The Bertz CT molecular complexity index is 1420. The van der Waals surface area contributed by atoms with E-state index in [4.69, 9.17) is 4.42 Å². The molecule has 0 radical (unpaired) electrons. The van der Waals surface area contributed by atoms with E-state index in [9.17, 15) is 9.18 Å². The number of rotatable bonds is 12. The summed E-state index contributed by atoms with van der Waals surface area (Å²) < 4.78 is 20.2. The average Bonchev–Trinajstić information content (AvgIpc) is 3.56. The maximum absolute atomic E-state index is 13.3. The van der Waals surface area contributed by atoms with Crippen LogP contribution in [0.15, 0.2) is 72.4 Å². The molecular formula is C31H35FN4O2S. The zero-order chi connectivity index (χ0) is 27.8. The monoisotopic (exact) mass is 546 g/mol. The van der Waals surface area contributed by atoms with E-state index in [0.29, 0.717) is 18.4 Å². The number of aryl methyl sites for hydroxylation is 2. The van der Waals surface area contributed by atoms with Gasteiger partial charge in [-0.15, -0.1) is 34.7 Å². The summed E-state index contributed by atoms with van der Waals surface area (Å²) >= 11 is 1.67. The van der Waals surface area contributed by atoms with Gasteiger partial charge in [0.1, 0.15) is 0 Å². The Morgan fingerprint density at radius 2 is 1.87 bits per heavy atom. The van der Waals surface area contributed by atoms with Crippen molar-refractivity contribution in [2.45, 2.75) is 64.2 Å². The van der Waals surface area contributed by atoms with Gasteiger partial charge in [-0.3, -0.25) is 4.79 Å². The smallest absolute Gasteiger partial charge is 0.227 e. The predicted molar refractivity (Wildman–Crippen MR) is 157 cm³/mol. The minimum absolute atomic E-state index is 0.0386. The number of halogens is 1. The van der Waals surface area contributed by atoms with Crippen LogP contribution in [0.4, 0.5) is 10.1 Å². The maximum Gasteiger partial charge on any atom is 0.227 e. The van der Waals surface area contributed by atoms with Crippen molar-refractivity contribution < 1.29 is 13.6 Å². The molecule has 204 valence electrons. The van der Waals surface area contributed by atoms with Crippen LogP contribution in [0.1, 0.15) is 67.7 Å². The summed E-state index contributed by atoms with van der Waals surface area (Å²) in [4.78, 5) is 19.4. The van der Waals surface area contributed by atoms with Crippen LogP contribution in [-0.4, -0.2) is 27.6 Å². The molecule has 2 aromatic carbocycles. The van der Waals surface area contributed by atoms with E-state index in [-0.39, 0.29) is 18.7 Å². The second-order valence-corrected chi connectivity index (χ2v) is 10.9. The van der Waals surface area contributed by atoms with Gasteiger partial charge in [0, 0.05) is 37.4 Å². The Kier molecular flexibility index (Phi) is 9.76. The molecule has 0 atom stereocenters. The maximum atomic E-state index is 13.3. The standard InChI is InChI=1S/C29H31FN4O2S.C2H4/c1-19(30)10-15-28(35)34(16-5-3-4-9-27-32-33-29(36-27)21-11-12-21)24-8-6-7-22(17-24)23-13-14-25-26(18-23)37-20(2)31-25;1-2/h6-8,13-14,17-18,21H,1,3-5,9-12,15-16H2,2H3;1-2H2. The zero-order valence-electron chi connectivity index (χ0n) is 22.5. The molecule has 1 fully saturated rings. The highest BCUT2D eigenvalue weighted by Crippen LogP contribution is 2.39. The first kappa shape index (κ1) is 28.4. The topological polar surface area (TPSA) is 72.1 Å². The number of benzene rings is 2. The molecule has 0 aliphatic heterocycles. The molecule has 8 heteroatoms. The van der Waals surface area contributed by atoms with Crippen LogP contribution in [0.2, 0.25) is 0 Å². The predicted octanol–water partition coefficient (Wildman–Crippen LogP) is 8.34. The van der Waals surface area contributed by atoms with Crippen molar-refractivity contribution in [3.8, 4) is 11.1 Å². The van der Waals surface area contributed by atoms with E-state index in [1.54, 1.807) is 16.2 Å². The van der Waals surface area contributed by atoms with Gasteiger partial charge in [-0.2, -0.15) is 0 Å². The lowest BCUT2D eigenvalue weighted by molar-refractivity contribution is -0.118. The molecule has 1 aliphatic rings. The highest BCUT2D eigenvalue weighted by Gasteiger charge is 2.29. The van der Waals surface area contributed by atoms with Crippen molar-refractivity contribution in [2.75, 3.05) is 11.4 Å². The molecule has 2 heterocycles. The second kappa shape index (κ2) is 13.4.